The van der Waals surface area contributed by atoms with Crippen molar-refractivity contribution in [2.24, 2.45) is 0 Å². The van der Waals surface area contributed by atoms with Gasteiger partial charge in [-0.15, -0.1) is 0 Å². The molecule has 1 aromatic rings. The molecule has 6 nitrogen and oxygen atoms in total. The monoisotopic (exact) mass is 321 g/mol. The van der Waals surface area contributed by atoms with E-state index in [2.05, 4.69) is 5.43 Å². The van der Waals surface area contributed by atoms with Gasteiger partial charge in [-0.1, -0.05) is 30.3 Å². The van der Waals surface area contributed by atoms with Crippen molar-refractivity contribution in [2.45, 2.75) is 38.8 Å². The summed E-state index contributed by atoms with van der Waals surface area (Å²) in [6, 6.07) is 8.95. The Balaban J connectivity index is 2.98. The summed E-state index contributed by atoms with van der Waals surface area (Å²) in [4.78, 5) is 26.3. The van der Waals surface area contributed by atoms with Gasteiger partial charge < -0.3 is 4.74 Å². The van der Waals surface area contributed by atoms with E-state index >= 15 is 0 Å². The van der Waals surface area contributed by atoms with Gasteiger partial charge in [-0.05, 0) is 26.3 Å². The number of hydrazine groups is 1. The summed E-state index contributed by atoms with van der Waals surface area (Å²) < 4.78 is 5.38. The van der Waals surface area contributed by atoms with E-state index in [1.54, 1.807) is 41.9 Å². The number of carbonyl (C=O) groups excluding carboxylic acids is 2. The van der Waals surface area contributed by atoms with Crippen LogP contribution < -0.4 is 5.43 Å². The average Bonchev–Trinajstić information content (AvgIpc) is 2.49. The molecule has 0 spiro atoms. The second kappa shape index (κ2) is 7.97. The maximum Gasteiger partial charge on any atom is 0.410 e. The summed E-state index contributed by atoms with van der Waals surface area (Å²) in [5.41, 5.74) is 3.15. The smallest absolute Gasteiger partial charge is 0.410 e. The Morgan fingerprint density at radius 1 is 1.17 bits per heavy atom. The second-order valence-corrected chi connectivity index (χ2v) is 6.42. The summed E-state index contributed by atoms with van der Waals surface area (Å²) >= 11 is 0. The first-order valence-corrected chi connectivity index (χ1v) is 7.60. The highest BCUT2D eigenvalue weighted by molar-refractivity contribution is 5.85. The fraction of sp³-hybridized carbons (Fsp3) is 0.529. The minimum Gasteiger partial charge on any atom is -0.444 e. The number of hydrogen-bond donors (Lipinski definition) is 1. The van der Waals surface area contributed by atoms with Gasteiger partial charge in [-0.2, -0.15) is 0 Å². The van der Waals surface area contributed by atoms with Crippen molar-refractivity contribution in [3.05, 3.63) is 35.9 Å². The van der Waals surface area contributed by atoms with Crippen LogP contribution in [0.15, 0.2) is 30.3 Å². The van der Waals surface area contributed by atoms with E-state index in [1.165, 1.54) is 9.91 Å². The fourth-order valence-corrected chi connectivity index (χ4v) is 2.02. The van der Waals surface area contributed by atoms with E-state index in [0.29, 0.717) is 6.42 Å². The minimum atomic E-state index is -0.648. The molecule has 0 aliphatic rings. The van der Waals surface area contributed by atoms with Crippen LogP contribution in [0.4, 0.5) is 4.79 Å². The highest BCUT2D eigenvalue weighted by Gasteiger charge is 2.32. The van der Waals surface area contributed by atoms with Gasteiger partial charge in [0, 0.05) is 27.6 Å². The lowest BCUT2D eigenvalue weighted by molar-refractivity contribution is -0.137. The molecule has 1 aromatic carbocycles. The van der Waals surface area contributed by atoms with Crippen molar-refractivity contribution in [1.29, 1.82) is 0 Å². The number of nitrogens with zero attached hydrogens (tertiary/aromatic N) is 2. The van der Waals surface area contributed by atoms with Crippen LogP contribution in [0.5, 0.6) is 0 Å². The van der Waals surface area contributed by atoms with E-state index < -0.39 is 17.7 Å². The molecule has 1 atom stereocenters. The Hall–Kier alpha value is -2.08. The number of rotatable bonds is 5. The number of amides is 2. The van der Waals surface area contributed by atoms with Crippen molar-refractivity contribution in [3.63, 3.8) is 0 Å². The van der Waals surface area contributed by atoms with E-state index in [9.17, 15) is 9.59 Å². The second-order valence-electron chi connectivity index (χ2n) is 6.42. The van der Waals surface area contributed by atoms with Crippen LogP contribution in [0, 0.1) is 0 Å². The SMILES string of the molecule is CNN(C)C(=O)[C@@H](Cc1ccccc1)N(C)C(=O)OC(C)(C)C. The Kier molecular flexibility index (Phi) is 6.57. The Morgan fingerprint density at radius 3 is 2.22 bits per heavy atom. The van der Waals surface area contributed by atoms with Gasteiger partial charge in [-0.25, -0.2) is 10.2 Å². The van der Waals surface area contributed by atoms with Gasteiger partial charge in [-0.3, -0.25) is 14.7 Å². The average molecular weight is 321 g/mol. The molecule has 6 heteroatoms. The van der Waals surface area contributed by atoms with Crippen LogP contribution in [0.1, 0.15) is 26.3 Å². The van der Waals surface area contributed by atoms with Crippen LogP contribution in [0.3, 0.4) is 0 Å². The zero-order chi connectivity index (χ0) is 17.6. The lowest BCUT2D eigenvalue weighted by Gasteiger charge is -2.32. The molecule has 0 aliphatic heterocycles. The van der Waals surface area contributed by atoms with E-state index in [-0.39, 0.29) is 5.91 Å². The zero-order valence-electron chi connectivity index (χ0n) is 14.8. The maximum absolute atomic E-state index is 12.6. The number of ether oxygens (including phenoxy) is 1. The number of nitrogens with one attached hydrogen (secondary N) is 1. The highest BCUT2D eigenvalue weighted by Crippen LogP contribution is 2.15. The summed E-state index contributed by atoms with van der Waals surface area (Å²) in [5.74, 6) is -0.204. The predicted molar refractivity (Wildman–Crippen MR) is 89.8 cm³/mol. The molecule has 0 heterocycles. The van der Waals surface area contributed by atoms with Gasteiger partial charge in [0.15, 0.2) is 0 Å². The van der Waals surface area contributed by atoms with Gasteiger partial charge >= 0.3 is 6.09 Å². The van der Waals surface area contributed by atoms with E-state index in [0.717, 1.165) is 5.56 Å². The summed E-state index contributed by atoms with van der Waals surface area (Å²) in [7, 11) is 4.87. The normalized spacial score (nSPS) is 12.4. The van der Waals surface area contributed by atoms with E-state index in [4.69, 9.17) is 4.74 Å². The lowest BCUT2D eigenvalue weighted by Crippen LogP contribution is -2.53. The first-order valence-electron chi connectivity index (χ1n) is 7.60. The van der Waals surface area contributed by atoms with E-state index in [1.807, 2.05) is 30.3 Å². The molecule has 1 rings (SSSR count). The Bertz CT molecular complexity index is 526. The highest BCUT2D eigenvalue weighted by atomic mass is 16.6. The third-order valence-corrected chi connectivity index (χ3v) is 3.37. The Morgan fingerprint density at radius 2 is 1.74 bits per heavy atom. The van der Waals surface area contributed by atoms with Gasteiger partial charge in [0.25, 0.3) is 5.91 Å². The topological polar surface area (TPSA) is 61.9 Å². The van der Waals surface area contributed by atoms with Crippen molar-refractivity contribution < 1.29 is 14.3 Å². The van der Waals surface area contributed by atoms with Crippen LogP contribution >= 0.6 is 0 Å². The molecule has 128 valence electrons. The molecule has 0 saturated heterocycles. The standard InChI is InChI=1S/C17H27N3O3/c1-17(2,3)23-16(22)19(5)14(15(21)20(6)18-4)12-13-10-8-7-9-11-13/h7-11,14,18H,12H2,1-6H3/t14-/m1/s1. The molecule has 23 heavy (non-hydrogen) atoms. The third kappa shape index (κ3) is 5.90. The van der Waals surface area contributed by atoms with Crippen molar-refractivity contribution in [3.8, 4) is 0 Å². The molecule has 0 radical (unpaired) electrons. The zero-order valence-corrected chi connectivity index (χ0v) is 14.8. The number of hydrogen-bond acceptors (Lipinski definition) is 4. The van der Waals surface area contributed by atoms with Gasteiger partial charge in [0.05, 0.1) is 0 Å². The molecule has 0 unspecified atom stereocenters. The summed E-state index contributed by atoms with van der Waals surface area (Å²) in [6.45, 7) is 5.39. The molecule has 0 aromatic heterocycles. The molecular formula is C17H27N3O3. The molecule has 0 saturated carbocycles. The van der Waals surface area contributed by atoms with Crippen LogP contribution in [-0.2, 0) is 16.0 Å². The molecular weight excluding hydrogens is 294 g/mol. The lowest BCUT2D eigenvalue weighted by atomic mass is 10.0. The van der Waals surface area contributed by atoms with Crippen molar-refractivity contribution in [2.75, 3.05) is 21.1 Å². The van der Waals surface area contributed by atoms with Crippen molar-refractivity contribution >= 4 is 12.0 Å². The summed E-state index contributed by atoms with van der Waals surface area (Å²) in [5, 5.41) is 1.37. The Labute approximate surface area is 138 Å². The molecule has 0 aliphatic carbocycles. The van der Waals surface area contributed by atoms with Crippen LogP contribution in [-0.4, -0.2) is 54.7 Å². The fourth-order valence-electron chi connectivity index (χ4n) is 2.02. The molecule has 0 fully saturated rings. The van der Waals surface area contributed by atoms with Crippen molar-refractivity contribution in [1.82, 2.24) is 15.3 Å². The number of benzene rings is 1. The van der Waals surface area contributed by atoms with Gasteiger partial charge in [0.2, 0.25) is 0 Å². The molecule has 2 amide bonds. The quantitative estimate of drug-likeness (QED) is 0.843. The number of carbonyl (C=O) groups is 2. The predicted octanol–water partition coefficient (Wildman–Crippen LogP) is 2.06. The number of likely N-dealkylation sites (N-methyl/N-ethyl adjacent to an activating group) is 2. The maximum atomic E-state index is 12.6. The van der Waals surface area contributed by atoms with Crippen LogP contribution in [0.2, 0.25) is 0 Å². The first kappa shape index (κ1) is 19.0. The van der Waals surface area contributed by atoms with Crippen LogP contribution in [0.25, 0.3) is 0 Å². The molecule has 0 bridgehead atoms. The molecule has 1 N–H and O–H groups in total. The minimum absolute atomic E-state index is 0.204. The third-order valence-electron chi connectivity index (χ3n) is 3.37. The largest absolute Gasteiger partial charge is 0.444 e. The summed E-state index contributed by atoms with van der Waals surface area (Å²) in [6.07, 6.45) is -0.0992. The van der Waals surface area contributed by atoms with Gasteiger partial charge in [0.1, 0.15) is 11.6 Å². The first-order chi connectivity index (χ1) is 10.7.